The van der Waals surface area contributed by atoms with E-state index in [9.17, 15) is 10.1 Å². The van der Waals surface area contributed by atoms with E-state index in [4.69, 9.17) is 9.40 Å². The molecule has 0 fully saturated rings. The average molecular weight is 379 g/mol. The number of benzene rings is 1. The number of furan rings is 1. The van der Waals surface area contributed by atoms with E-state index in [2.05, 4.69) is 37.4 Å². The summed E-state index contributed by atoms with van der Waals surface area (Å²) in [6, 6.07) is 8.32. The summed E-state index contributed by atoms with van der Waals surface area (Å²) >= 11 is 1.37. The molecule has 0 unspecified atom stereocenters. The van der Waals surface area contributed by atoms with Crippen LogP contribution < -0.4 is 5.32 Å². The molecule has 27 heavy (non-hydrogen) atoms. The Kier molecular flexibility index (Phi) is 5.24. The Balaban J connectivity index is 1.76. The lowest BCUT2D eigenvalue weighted by Crippen LogP contribution is -2.14. The molecule has 1 aromatic carbocycles. The number of nitrogens with zero attached hydrogens (tertiary/aromatic N) is 2. The predicted octanol–water partition coefficient (Wildman–Crippen LogP) is 4.97. The van der Waals surface area contributed by atoms with Crippen LogP contribution in [-0.4, -0.2) is 16.6 Å². The maximum absolute atomic E-state index is 12.3. The zero-order valence-electron chi connectivity index (χ0n) is 16.1. The fourth-order valence-corrected chi connectivity index (χ4v) is 3.81. The normalized spacial score (nSPS) is 10.8. The van der Waals surface area contributed by atoms with Crippen molar-refractivity contribution in [2.24, 2.45) is 0 Å². The number of rotatable bonds is 4. The number of nitriles is 1. The Morgan fingerprint density at radius 1 is 1.19 bits per heavy atom. The van der Waals surface area contributed by atoms with Gasteiger partial charge in [0, 0.05) is 10.9 Å². The topological polar surface area (TPSA) is 78.9 Å². The first-order valence-electron chi connectivity index (χ1n) is 8.61. The number of carbonyl (C=O) groups is 1. The van der Waals surface area contributed by atoms with Crippen LogP contribution in [0.25, 0.3) is 10.9 Å². The first kappa shape index (κ1) is 19.0. The van der Waals surface area contributed by atoms with Crippen LogP contribution in [0.15, 0.2) is 27.6 Å². The second-order valence-electron chi connectivity index (χ2n) is 6.69. The van der Waals surface area contributed by atoms with Crippen LogP contribution in [0.2, 0.25) is 0 Å². The number of aromatic nitrogens is 1. The minimum Gasteiger partial charge on any atom is -0.444 e. The van der Waals surface area contributed by atoms with Gasteiger partial charge in [0.1, 0.15) is 17.4 Å². The van der Waals surface area contributed by atoms with E-state index in [1.54, 1.807) is 13.8 Å². The number of thioether (sulfide) groups is 1. The molecule has 0 atom stereocenters. The third-order valence-electron chi connectivity index (χ3n) is 4.53. The highest BCUT2D eigenvalue weighted by molar-refractivity contribution is 7.99. The van der Waals surface area contributed by atoms with Gasteiger partial charge in [-0.3, -0.25) is 10.1 Å². The molecule has 1 N–H and O–H groups in total. The fraction of sp³-hybridized carbons (Fsp3) is 0.286. The van der Waals surface area contributed by atoms with Gasteiger partial charge in [0.25, 0.3) is 0 Å². The molecule has 6 heteroatoms. The molecule has 3 aromatic rings. The van der Waals surface area contributed by atoms with Gasteiger partial charge in [0.2, 0.25) is 11.8 Å². The molecular formula is C21H21N3O2S. The minimum atomic E-state index is -0.231. The van der Waals surface area contributed by atoms with Gasteiger partial charge in [-0.2, -0.15) is 5.26 Å². The van der Waals surface area contributed by atoms with Gasteiger partial charge in [-0.25, -0.2) is 4.98 Å². The molecular weight excluding hydrogens is 358 g/mol. The number of hydrogen-bond acceptors (Lipinski definition) is 5. The lowest BCUT2D eigenvalue weighted by Gasteiger charge is -2.09. The zero-order valence-corrected chi connectivity index (χ0v) is 16.9. The highest BCUT2D eigenvalue weighted by Crippen LogP contribution is 2.28. The fourth-order valence-electron chi connectivity index (χ4n) is 3.04. The van der Waals surface area contributed by atoms with E-state index >= 15 is 0 Å². The smallest absolute Gasteiger partial charge is 0.237 e. The van der Waals surface area contributed by atoms with Crippen molar-refractivity contribution >= 4 is 34.5 Å². The van der Waals surface area contributed by atoms with Crippen LogP contribution in [0, 0.1) is 45.9 Å². The summed E-state index contributed by atoms with van der Waals surface area (Å²) in [5.41, 5.74) is 5.56. The highest BCUT2D eigenvalue weighted by atomic mass is 32.2. The van der Waals surface area contributed by atoms with E-state index in [0.717, 1.165) is 32.6 Å². The summed E-state index contributed by atoms with van der Waals surface area (Å²) in [5.74, 6) is 0.802. The van der Waals surface area contributed by atoms with Gasteiger partial charge in [0.05, 0.1) is 16.3 Å². The van der Waals surface area contributed by atoms with E-state index in [1.807, 2.05) is 13.0 Å². The van der Waals surface area contributed by atoms with Crippen molar-refractivity contribution in [3.05, 3.63) is 51.8 Å². The first-order valence-corrected chi connectivity index (χ1v) is 9.60. The van der Waals surface area contributed by atoms with Gasteiger partial charge >= 0.3 is 0 Å². The van der Waals surface area contributed by atoms with Crippen molar-refractivity contribution in [3.8, 4) is 6.07 Å². The third kappa shape index (κ3) is 3.83. The van der Waals surface area contributed by atoms with Crippen LogP contribution in [-0.2, 0) is 4.79 Å². The molecule has 138 valence electrons. The molecule has 0 radical (unpaired) electrons. The standard InChI is InChI=1S/C21H21N3O2S/c1-11-6-13(3)20-16(7-11)12(2)8-19(24-20)27-10-18(25)23-21-17(9-22)14(4)15(5)26-21/h6-8H,10H2,1-5H3,(H,23,25). The number of aryl methyl sites for hydroxylation is 4. The van der Waals surface area contributed by atoms with Crippen LogP contribution >= 0.6 is 11.8 Å². The molecule has 0 saturated heterocycles. The second kappa shape index (κ2) is 7.45. The molecule has 0 aliphatic heterocycles. The molecule has 0 saturated carbocycles. The van der Waals surface area contributed by atoms with Crippen LogP contribution in [0.3, 0.4) is 0 Å². The van der Waals surface area contributed by atoms with E-state index < -0.39 is 0 Å². The van der Waals surface area contributed by atoms with Crippen molar-refractivity contribution < 1.29 is 9.21 Å². The maximum atomic E-state index is 12.3. The Morgan fingerprint density at radius 2 is 1.93 bits per heavy atom. The lowest BCUT2D eigenvalue weighted by molar-refractivity contribution is -0.113. The van der Waals surface area contributed by atoms with Crippen molar-refractivity contribution in [1.29, 1.82) is 5.26 Å². The van der Waals surface area contributed by atoms with Gasteiger partial charge < -0.3 is 4.42 Å². The van der Waals surface area contributed by atoms with Gasteiger partial charge in [-0.15, -0.1) is 0 Å². The predicted molar refractivity (Wildman–Crippen MR) is 108 cm³/mol. The van der Waals surface area contributed by atoms with Crippen molar-refractivity contribution in [3.63, 3.8) is 0 Å². The van der Waals surface area contributed by atoms with Crippen molar-refractivity contribution in [2.45, 2.75) is 39.6 Å². The van der Waals surface area contributed by atoms with Crippen LogP contribution in [0.4, 0.5) is 5.88 Å². The number of hydrogen-bond donors (Lipinski definition) is 1. The van der Waals surface area contributed by atoms with E-state index in [0.29, 0.717) is 11.3 Å². The lowest BCUT2D eigenvalue weighted by atomic mass is 10.0. The molecule has 5 nitrogen and oxygen atoms in total. The summed E-state index contributed by atoms with van der Waals surface area (Å²) in [5, 5.41) is 13.9. The van der Waals surface area contributed by atoms with Crippen LogP contribution in [0.5, 0.6) is 0 Å². The Labute approximate surface area is 162 Å². The molecule has 0 aliphatic carbocycles. The second-order valence-corrected chi connectivity index (χ2v) is 7.69. The average Bonchev–Trinajstić information content (AvgIpc) is 2.87. The minimum absolute atomic E-state index is 0.187. The molecule has 2 aromatic heterocycles. The quantitative estimate of drug-likeness (QED) is 0.647. The monoisotopic (exact) mass is 379 g/mol. The van der Waals surface area contributed by atoms with Gasteiger partial charge in [-0.1, -0.05) is 23.4 Å². The van der Waals surface area contributed by atoms with E-state index in [-0.39, 0.29) is 17.5 Å². The molecule has 0 bridgehead atoms. The van der Waals surface area contributed by atoms with Crippen LogP contribution in [0.1, 0.15) is 33.6 Å². The Morgan fingerprint density at radius 3 is 2.63 bits per heavy atom. The summed E-state index contributed by atoms with van der Waals surface area (Å²) in [7, 11) is 0. The number of anilines is 1. The Hall–Kier alpha value is -2.78. The largest absolute Gasteiger partial charge is 0.444 e. The number of amides is 1. The molecule has 1 amide bonds. The van der Waals surface area contributed by atoms with Gasteiger partial charge in [-0.05, 0) is 57.9 Å². The number of nitrogens with one attached hydrogen (secondary N) is 1. The van der Waals surface area contributed by atoms with Crippen molar-refractivity contribution in [1.82, 2.24) is 4.98 Å². The number of pyridine rings is 1. The van der Waals surface area contributed by atoms with Gasteiger partial charge in [0.15, 0.2) is 0 Å². The summed E-state index contributed by atoms with van der Waals surface area (Å²) in [6.07, 6.45) is 0. The highest BCUT2D eigenvalue weighted by Gasteiger charge is 2.17. The molecule has 0 spiro atoms. The summed E-state index contributed by atoms with van der Waals surface area (Å²) in [6.45, 7) is 9.75. The summed E-state index contributed by atoms with van der Waals surface area (Å²) < 4.78 is 5.48. The number of carbonyl (C=O) groups excluding carboxylic acids is 1. The van der Waals surface area contributed by atoms with Crippen molar-refractivity contribution in [2.75, 3.05) is 11.1 Å². The first-order chi connectivity index (χ1) is 12.8. The maximum Gasteiger partial charge on any atom is 0.237 e. The van der Waals surface area contributed by atoms with E-state index in [1.165, 1.54) is 17.3 Å². The third-order valence-corrected chi connectivity index (χ3v) is 5.44. The SMILES string of the molecule is Cc1cc(C)c2nc(SCC(=O)Nc3oc(C)c(C)c3C#N)cc(C)c2c1. The molecule has 0 aliphatic rings. The number of fused-ring (bicyclic) bond motifs is 1. The zero-order chi connectivity index (χ0) is 19.7. The molecule has 3 rings (SSSR count). The molecule has 2 heterocycles. The Bertz CT molecular complexity index is 1090. The summed E-state index contributed by atoms with van der Waals surface area (Å²) in [4.78, 5) is 17.0.